The van der Waals surface area contributed by atoms with E-state index in [1.807, 2.05) is 0 Å². The molecule has 0 aliphatic rings. The van der Waals surface area contributed by atoms with E-state index >= 15 is 0 Å². The molecule has 1 rings (SSSR count). The maximum absolute atomic E-state index is 12.0. The summed E-state index contributed by atoms with van der Waals surface area (Å²) in [5.41, 5.74) is 0. The molecule has 1 aromatic rings. The summed E-state index contributed by atoms with van der Waals surface area (Å²) >= 11 is 1.21. The van der Waals surface area contributed by atoms with E-state index in [0.717, 1.165) is 0 Å². The number of carbonyl (C=O) groups excluding carboxylic acids is 3. The van der Waals surface area contributed by atoms with Gasteiger partial charge in [-0.15, -0.1) is 11.3 Å². The molecule has 5 nitrogen and oxygen atoms in total. The second-order valence-corrected chi connectivity index (χ2v) is 4.17. The van der Waals surface area contributed by atoms with Crippen LogP contribution in [0.3, 0.4) is 0 Å². The highest BCUT2D eigenvalue weighted by molar-refractivity contribution is 7.12. The van der Waals surface area contributed by atoms with Crippen molar-refractivity contribution in [3.63, 3.8) is 0 Å². The van der Waals surface area contributed by atoms with E-state index in [1.165, 1.54) is 18.3 Å². The molecule has 17 heavy (non-hydrogen) atoms. The normalized spacial score (nSPS) is 11.6. The summed E-state index contributed by atoms with van der Waals surface area (Å²) in [6.45, 7) is 3.04. The van der Waals surface area contributed by atoms with Crippen molar-refractivity contribution in [2.24, 2.45) is 0 Å². The number of ketones is 1. The largest absolute Gasteiger partial charge is 0.464 e. The van der Waals surface area contributed by atoms with Gasteiger partial charge in [-0.2, -0.15) is 0 Å². The van der Waals surface area contributed by atoms with E-state index in [4.69, 9.17) is 4.74 Å². The lowest BCUT2D eigenvalue weighted by molar-refractivity contribution is -0.145. The standard InChI is InChI=1S/C11H13NO4S/c1-3-16-11(15)9(12-7(2)13)10(14)8-5-4-6-17-8/h4-6,9H,3H2,1-2H3,(H,12,13). The number of ether oxygens (including phenoxy) is 1. The van der Waals surface area contributed by atoms with Crippen LogP contribution in [0.5, 0.6) is 0 Å². The molecule has 0 spiro atoms. The van der Waals surface area contributed by atoms with Gasteiger partial charge in [0.25, 0.3) is 0 Å². The Morgan fingerprint density at radius 1 is 1.47 bits per heavy atom. The third-order valence-electron chi connectivity index (χ3n) is 1.90. The predicted molar refractivity (Wildman–Crippen MR) is 62.9 cm³/mol. The third-order valence-corrected chi connectivity index (χ3v) is 2.78. The van der Waals surface area contributed by atoms with Gasteiger partial charge in [0.15, 0.2) is 6.04 Å². The van der Waals surface area contributed by atoms with Gasteiger partial charge in [0.2, 0.25) is 11.7 Å². The molecule has 0 bridgehead atoms. The van der Waals surface area contributed by atoms with Gasteiger partial charge in [-0.1, -0.05) is 6.07 Å². The van der Waals surface area contributed by atoms with Crippen LogP contribution in [0, 0.1) is 0 Å². The SMILES string of the molecule is CCOC(=O)C(NC(C)=O)C(=O)c1cccs1. The molecule has 1 amide bonds. The number of thiophene rings is 1. The number of carbonyl (C=O) groups is 3. The molecule has 1 aromatic heterocycles. The predicted octanol–water partition coefficient (Wildman–Crippen LogP) is 0.999. The second-order valence-electron chi connectivity index (χ2n) is 3.23. The number of esters is 1. The second kappa shape index (κ2) is 6.15. The molecule has 0 radical (unpaired) electrons. The van der Waals surface area contributed by atoms with Crippen molar-refractivity contribution in [2.75, 3.05) is 6.61 Å². The lowest BCUT2D eigenvalue weighted by atomic mass is 10.1. The van der Waals surface area contributed by atoms with Gasteiger partial charge >= 0.3 is 5.97 Å². The van der Waals surface area contributed by atoms with Crippen LogP contribution in [0.15, 0.2) is 17.5 Å². The van der Waals surface area contributed by atoms with Crippen molar-refractivity contribution in [2.45, 2.75) is 19.9 Å². The average molecular weight is 255 g/mol. The highest BCUT2D eigenvalue weighted by Gasteiger charge is 2.30. The molecule has 0 fully saturated rings. The van der Waals surface area contributed by atoms with Gasteiger partial charge in [-0.05, 0) is 18.4 Å². The van der Waals surface area contributed by atoms with Crippen LogP contribution in [0.4, 0.5) is 0 Å². The topological polar surface area (TPSA) is 72.5 Å². The molecular formula is C11H13NO4S. The Hall–Kier alpha value is -1.69. The maximum Gasteiger partial charge on any atom is 0.336 e. The van der Waals surface area contributed by atoms with E-state index in [9.17, 15) is 14.4 Å². The van der Waals surface area contributed by atoms with Crippen LogP contribution < -0.4 is 5.32 Å². The van der Waals surface area contributed by atoms with Gasteiger partial charge in [0.05, 0.1) is 11.5 Å². The molecule has 0 saturated heterocycles. The molecule has 1 atom stereocenters. The molecule has 92 valence electrons. The van der Waals surface area contributed by atoms with Gasteiger partial charge in [0, 0.05) is 6.92 Å². The lowest BCUT2D eigenvalue weighted by Crippen LogP contribution is -2.46. The van der Waals surface area contributed by atoms with Gasteiger partial charge in [-0.25, -0.2) is 4.79 Å². The first-order valence-corrected chi connectivity index (χ1v) is 5.95. The minimum Gasteiger partial charge on any atom is -0.464 e. The third kappa shape index (κ3) is 3.67. The average Bonchev–Trinajstić information content (AvgIpc) is 2.78. The number of amides is 1. The first-order valence-electron chi connectivity index (χ1n) is 5.07. The molecule has 0 aliphatic carbocycles. The van der Waals surface area contributed by atoms with Crippen LogP contribution in [0.25, 0.3) is 0 Å². The molecule has 6 heteroatoms. The van der Waals surface area contributed by atoms with E-state index in [1.54, 1.807) is 24.4 Å². The van der Waals surface area contributed by atoms with Crippen LogP contribution >= 0.6 is 11.3 Å². The van der Waals surface area contributed by atoms with Crippen molar-refractivity contribution < 1.29 is 19.1 Å². The fourth-order valence-corrected chi connectivity index (χ4v) is 1.92. The van der Waals surface area contributed by atoms with Crippen molar-refractivity contribution in [3.8, 4) is 0 Å². The Kier molecular flexibility index (Phi) is 4.84. The summed E-state index contributed by atoms with van der Waals surface area (Å²) in [5, 5.41) is 4.02. The van der Waals surface area contributed by atoms with Gasteiger partial charge in [-0.3, -0.25) is 9.59 Å². The van der Waals surface area contributed by atoms with E-state index < -0.39 is 23.7 Å². The zero-order valence-corrected chi connectivity index (χ0v) is 10.4. The highest BCUT2D eigenvalue weighted by atomic mass is 32.1. The van der Waals surface area contributed by atoms with Crippen LogP contribution in [-0.2, 0) is 14.3 Å². The zero-order chi connectivity index (χ0) is 12.8. The van der Waals surface area contributed by atoms with Crippen LogP contribution in [-0.4, -0.2) is 30.3 Å². The minimum absolute atomic E-state index is 0.159. The first-order chi connectivity index (χ1) is 8.06. The molecule has 1 heterocycles. The smallest absolute Gasteiger partial charge is 0.336 e. The molecule has 1 unspecified atom stereocenters. The summed E-state index contributed by atoms with van der Waals surface area (Å²) in [4.78, 5) is 34.9. The summed E-state index contributed by atoms with van der Waals surface area (Å²) in [5.74, 6) is -1.64. The van der Waals surface area contributed by atoms with Crippen LogP contribution in [0.1, 0.15) is 23.5 Å². The Balaban J connectivity index is 2.86. The summed E-state index contributed by atoms with van der Waals surface area (Å²) in [6, 6.07) is 2.04. The number of hydrogen-bond donors (Lipinski definition) is 1. The molecular weight excluding hydrogens is 242 g/mol. The van der Waals surface area contributed by atoms with E-state index in [2.05, 4.69) is 5.32 Å². The lowest BCUT2D eigenvalue weighted by Gasteiger charge is -2.14. The zero-order valence-electron chi connectivity index (χ0n) is 9.56. The molecule has 0 aromatic carbocycles. The molecule has 0 aliphatic heterocycles. The Bertz CT molecular complexity index is 413. The quantitative estimate of drug-likeness (QED) is 0.484. The van der Waals surface area contributed by atoms with Crippen molar-refractivity contribution in [1.29, 1.82) is 0 Å². The monoisotopic (exact) mass is 255 g/mol. The van der Waals surface area contributed by atoms with Gasteiger partial charge in [0.1, 0.15) is 0 Å². The first kappa shape index (κ1) is 13.4. The number of hydrogen-bond acceptors (Lipinski definition) is 5. The number of Topliss-reactive ketones (excluding diaryl/α,β-unsaturated/α-hetero) is 1. The fourth-order valence-electron chi connectivity index (χ4n) is 1.22. The van der Waals surface area contributed by atoms with Gasteiger partial charge < -0.3 is 10.1 Å². The Morgan fingerprint density at radius 2 is 2.18 bits per heavy atom. The maximum atomic E-state index is 12.0. The number of rotatable bonds is 5. The Labute approximate surface area is 103 Å². The van der Waals surface area contributed by atoms with Crippen molar-refractivity contribution in [1.82, 2.24) is 5.32 Å². The van der Waals surface area contributed by atoms with Crippen molar-refractivity contribution >= 4 is 29.0 Å². The molecule has 0 saturated carbocycles. The summed E-state index contributed by atoms with van der Waals surface area (Å²) in [6.07, 6.45) is 0. The summed E-state index contributed by atoms with van der Waals surface area (Å²) in [7, 11) is 0. The van der Waals surface area contributed by atoms with E-state index in [0.29, 0.717) is 4.88 Å². The fraction of sp³-hybridized carbons (Fsp3) is 0.364. The summed E-state index contributed by atoms with van der Waals surface area (Å²) < 4.78 is 4.75. The van der Waals surface area contributed by atoms with Crippen molar-refractivity contribution in [3.05, 3.63) is 22.4 Å². The number of nitrogens with one attached hydrogen (secondary N) is 1. The van der Waals surface area contributed by atoms with Crippen LogP contribution in [0.2, 0.25) is 0 Å². The highest BCUT2D eigenvalue weighted by Crippen LogP contribution is 2.12. The molecule has 1 N–H and O–H groups in total. The van der Waals surface area contributed by atoms with E-state index in [-0.39, 0.29) is 6.61 Å². The minimum atomic E-state index is -1.26. The Morgan fingerprint density at radius 3 is 2.65 bits per heavy atom.